The second-order valence-corrected chi connectivity index (χ2v) is 5.53. The monoisotopic (exact) mass is 317 g/mol. The quantitative estimate of drug-likeness (QED) is 0.840. The zero-order chi connectivity index (χ0) is 13.7. The van der Waals surface area contributed by atoms with Gasteiger partial charge in [-0.25, -0.2) is 0 Å². The molecule has 1 heterocycles. The van der Waals surface area contributed by atoms with E-state index in [1.807, 2.05) is 10.9 Å². The molecule has 5 heteroatoms. The van der Waals surface area contributed by atoms with E-state index in [1.165, 1.54) is 5.69 Å². The Bertz CT molecular complexity index is 365. The molecule has 0 aliphatic heterocycles. The minimum Gasteiger partial charge on any atom is -0.379 e. The molecule has 0 saturated carbocycles. The van der Waals surface area contributed by atoms with E-state index in [-0.39, 0.29) is 12.1 Å². The highest BCUT2D eigenvalue weighted by molar-refractivity contribution is 9.10. The van der Waals surface area contributed by atoms with Crippen molar-refractivity contribution in [3.8, 4) is 0 Å². The largest absolute Gasteiger partial charge is 0.379 e. The molecule has 1 aromatic rings. The second-order valence-electron chi connectivity index (χ2n) is 4.67. The number of aromatic nitrogens is 2. The maximum Gasteiger partial charge on any atom is 0.0804 e. The summed E-state index contributed by atoms with van der Waals surface area (Å²) < 4.78 is 8.74. The van der Waals surface area contributed by atoms with Crippen LogP contribution in [0.3, 0.4) is 0 Å². The minimum atomic E-state index is 0.128. The van der Waals surface area contributed by atoms with Gasteiger partial charge in [0.25, 0.3) is 0 Å². The molecule has 4 nitrogen and oxygen atoms in total. The Kier molecular flexibility index (Phi) is 6.32. The molecule has 0 fully saturated rings. The van der Waals surface area contributed by atoms with Gasteiger partial charge in [-0.05, 0) is 35.3 Å². The molecular formula is C13H24BrN3O. The fourth-order valence-corrected chi connectivity index (χ4v) is 2.86. The van der Waals surface area contributed by atoms with Gasteiger partial charge in [-0.1, -0.05) is 20.8 Å². The molecule has 0 bridgehead atoms. The highest BCUT2D eigenvalue weighted by Gasteiger charge is 2.29. The summed E-state index contributed by atoms with van der Waals surface area (Å²) in [5, 5.41) is 7.90. The van der Waals surface area contributed by atoms with Crippen LogP contribution >= 0.6 is 15.9 Å². The summed E-state index contributed by atoms with van der Waals surface area (Å²) in [7, 11) is 1.77. The fourth-order valence-electron chi connectivity index (χ4n) is 2.31. The van der Waals surface area contributed by atoms with Crippen LogP contribution in [0.25, 0.3) is 0 Å². The zero-order valence-electron chi connectivity index (χ0n) is 11.9. The highest BCUT2D eigenvalue weighted by Crippen LogP contribution is 2.29. The lowest BCUT2D eigenvalue weighted by Gasteiger charge is -2.30. The molecule has 1 N–H and O–H groups in total. The predicted octanol–water partition coefficient (Wildman–Crippen LogP) is 2.99. The first-order valence-corrected chi connectivity index (χ1v) is 7.33. The number of hydrogen-bond donors (Lipinski definition) is 1. The molecule has 0 radical (unpaired) electrons. The van der Waals surface area contributed by atoms with Crippen molar-refractivity contribution in [2.75, 3.05) is 13.7 Å². The van der Waals surface area contributed by atoms with Gasteiger partial charge in [0.15, 0.2) is 0 Å². The average Bonchev–Trinajstić information content (AvgIpc) is 2.69. The summed E-state index contributed by atoms with van der Waals surface area (Å²) in [6.07, 6.45) is 1.99. The molecule has 1 aromatic heterocycles. The lowest BCUT2D eigenvalue weighted by Crippen LogP contribution is -2.38. The molecule has 0 spiro atoms. The van der Waals surface area contributed by atoms with Gasteiger partial charge >= 0.3 is 0 Å². The molecular weight excluding hydrogens is 294 g/mol. The van der Waals surface area contributed by atoms with Crippen LogP contribution in [0, 0.1) is 5.92 Å². The minimum absolute atomic E-state index is 0.128. The lowest BCUT2D eigenvalue weighted by molar-refractivity contribution is 0.0304. The third-order valence-electron chi connectivity index (χ3n) is 3.11. The smallest absolute Gasteiger partial charge is 0.0804 e. The summed E-state index contributed by atoms with van der Waals surface area (Å²) in [6, 6.07) is 0.150. The van der Waals surface area contributed by atoms with E-state index in [4.69, 9.17) is 4.74 Å². The van der Waals surface area contributed by atoms with Crippen molar-refractivity contribution in [3.63, 3.8) is 0 Å². The van der Waals surface area contributed by atoms with E-state index >= 15 is 0 Å². The maximum absolute atomic E-state index is 5.68. The Morgan fingerprint density at radius 1 is 1.44 bits per heavy atom. The van der Waals surface area contributed by atoms with Crippen LogP contribution in [-0.4, -0.2) is 29.5 Å². The first-order valence-electron chi connectivity index (χ1n) is 6.54. The molecule has 0 amide bonds. The summed E-state index contributed by atoms with van der Waals surface area (Å²) in [4.78, 5) is 0. The van der Waals surface area contributed by atoms with Crippen LogP contribution in [0.4, 0.5) is 0 Å². The lowest BCUT2D eigenvalue weighted by atomic mass is 9.96. The van der Waals surface area contributed by atoms with Gasteiger partial charge in [-0.3, -0.25) is 4.68 Å². The molecule has 0 saturated heterocycles. The van der Waals surface area contributed by atoms with Crippen LogP contribution in [0.15, 0.2) is 10.7 Å². The number of rotatable bonds is 7. The van der Waals surface area contributed by atoms with Crippen molar-refractivity contribution in [3.05, 3.63) is 16.4 Å². The Balaban J connectivity index is 3.13. The fraction of sp³-hybridized carbons (Fsp3) is 0.769. The molecule has 2 atom stereocenters. The van der Waals surface area contributed by atoms with Gasteiger partial charge in [0.2, 0.25) is 0 Å². The van der Waals surface area contributed by atoms with E-state index in [0.29, 0.717) is 5.92 Å². The molecule has 18 heavy (non-hydrogen) atoms. The van der Waals surface area contributed by atoms with Crippen molar-refractivity contribution in [1.29, 1.82) is 0 Å². The van der Waals surface area contributed by atoms with Crippen molar-refractivity contribution < 1.29 is 4.74 Å². The van der Waals surface area contributed by atoms with Crippen LogP contribution in [-0.2, 0) is 11.3 Å². The summed E-state index contributed by atoms with van der Waals surface area (Å²) in [5.74, 6) is 0.436. The molecule has 0 aliphatic rings. The van der Waals surface area contributed by atoms with Crippen LogP contribution in [0.2, 0.25) is 0 Å². The molecule has 1 rings (SSSR count). The Labute approximate surface area is 118 Å². The number of halogens is 1. The number of nitrogens with one attached hydrogen (secondary N) is 1. The Hall–Kier alpha value is -0.390. The maximum atomic E-state index is 5.68. The van der Waals surface area contributed by atoms with Gasteiger partial charge in [0.05, 0.1) is 28.5 Å². The predicted molar refractivity (Wildman–Crippen MR) is 77.7 cm³/mol. The van der Waals surface area contributed by atoms with Gasteiger partial charge in [-0.15, -0.1) is 0 Å². The van der Waals surface area contributed by atoms with Gasteiger partial charge in [-0.2, -0.15) is 5.10 Å². The second kappa shape index (κ2) is 7.26. The van der Waals surface area contributed by atoms with E-state index in [2.05, 4.69) is 54.0 Å². The molecule has 2 unspecified atom stereocenters. The van der Waals surface area contributed by atoms with E-state index in [9.17, 15) is 0 Å². The number of aryl methyl sites for hydroxylation is 1. The van der Waals surface area contributed by atoms with Crippen molar-refractivity contribution in [2.24, 2.45) is 5.92 Å². The number of likely N-dealkylation sites (N-methyl/N-ethyl adjacent to an activating group) is 1. The molecule has 0 aliphatic carbocycles. The Morgan fingerprint density at radius 3 is 2.56 bits per heavy atom. The number of nitrogens with zero attached hydrogens (tertiary/aromatic N) is 2. The van der Waals surface area contributed by atoms with Crippen LogP contribution < -0.4 is 5.32 Å². The van der Waals surface area contributed by atoms with Crippen LogP contribution in [0.5, 0.6) is 0 Å². The summed E-state index contributed by atoms with van der Waals surface area (Å²) in [6.45, 7) is 10.3. The third kappa shape index (κ3) is 3.33. The SMILES string of the molecule is CCNC(c1c(Br)cnn1CC)C(OC)C(C)C. The molecule has 104 valence electrons. The van der Waals surface area contributed by atoms with Crippen molar-refractivity contribution in [2.45, 2.75) is 46.4 Å². The van der Waals surface area contributed by atoms with Gasteiger partial charge in [0.1, 0.15) is 0 Å². The molecule has 0 aromatic carbocycles. The van der Waals surface area contributed by atoms with Crippen molar-refractivity contribution >= 4 is 15.9 Å². The number of methoxy groups -OCH3 is 1. The van der Waals surface area contributed by atoms with E-state index in [0.717, 1.165) is 17.6 Å². The third-order valence-corrected chi connectivity index (χ3v) is 3.72. The topological polar surface area (TPSA) is 39.1 Å². The zero-order valence-corrected chi connectivity index (χ0v) is 13.5. The van der Waals surface area contributed by atoms with Gasteiger partial charge < -0.3 is 10.1 Å². The normalized spacial score (nSPS) is 15.1. The standard InChI is InChI=1S/C13H24BrN3O/c1-6-15-11(13(18-5)9(3)4)12-10(14)8-16-17(12)7-2/h8-9,11,13,15H,6-7H2,1-5H3. The van der Waals surface area contributed by atoms with Crippen LogP contribution in [0.1, 0.15) is 39.4 Å². The van der Waals surface area contributed by atoms with Gasteiger partial charge in [0, 0.05) is 13.7 Å². The first-order chi connectivity index (χ1) is 8.56. The first kappa shape index (κ1) is 15.7. The van der Waals surface area contributed by atoms with E-state index in [1.54, 1.807) is 7.11 Å². The summed E-state index contributed by atoms with van der Waals surface area (Å²) in [5.41, 5.74) is 1.17. The van der Waals surface area contributed by atoms with Crippen molar-refractivity contribution in [1.82, 2.24) is 15.1 Å². The Morgan fingerprint density at radius 2 is 2.11 bits per heavy atom. The highest BCUT2D eigenvalue weighted by atomic mass is 79.9. The number of ether oxygens (including phenoxy) is 1. The number of hydrogen-bond acceptors (Lipinski definition) is 3. The average molecular weight is 318 g/mol. The van der Waals surface area contributed by atoms with E-state index < -0.39 is 0 Å². The summed E-state index contributed by atoms with van der Waals surface area (Å²) >= 11 is 3.60.